The fourth-order valence-corrected chi connectivity index (χ4v) is 1.92. The van der Waals surface area contributed by atoms with Gasteiger partial charge in [0.15, 0.2) is 0 Å². The summed E-state index contributed by atoms with van der Waals surface area (Å²) in [5, 5.41) is 0. The van der Waals surface area contributed by atoms with Crippen molar-refractivity contribution >= 4 is 21.3 Å². The molecule has 0 aliphatic heterocycles. The number of benzene rings is 1. The van der Waals surface area contributed by atoms with E-state index in [1.54, 1.807) is 24.3 Å². The fraction of sp³-hybridized carbons (Fsp3) is 0.364. The van der Waals surface area contributed by atoms with Gasteiger partial charge in [0.1, 0.15) is 15.6 Å². The third kappa shape index (κ3) is 4.93. The number of carbonyl (C=O) groups is 1. The highest BCUT2D eigenvalue weighted by Gasteiger charge is 2.08. The van der Waals surface area contributed by atoms with Crippen LogP contribution in [-0.4, -0.2) is 26.2 Å². The smallest absolute Gasteiger partial charge is 0.147 e. The summed E-state index contributed by atoms with van der Waals surface area (Å²) >= 11 is 0. The van der Waals surface area contributed by atoms with Crippen LogP contribution in [0.5, 0.6) is 0 Å². The van der Waals surface area contributed by atoms with Gasteiger partial charge < -0.3 is 5.73 Å². The van der Waals surface area contributed by atoms with E-state index in [1.165, 1.54) is 0 Å². The summed E-state index contributed by atoms with van der Waals surface area (Å²) in [5.74, 6) is -0.176. The van der Waals surface area contributed by atoms with Gasteiger partial charge in [-0.05, 0) is 17.7 Å². The molecule has 0 saturated heterocycles. The summed E-state index contributed by atoms with van der Waals surface area (Å²) in [4.78, 5) is 11.5. The van der Waals surface area contributed by atoms with Gasteiger partial charge >= 0.3 is 0 Å². The van der Waals surface area contributed by atoms with Crippen LogP contribution in [0.25, 0.3) is 0 Å². The van der Waals surface area contributed by atoms with Gasteiger partial charge in [0.25, 0.3) is 0 Å². The number of Topliss-reactive ketones (excluding diaryl/α,β-unsaturated/α-hetero) is 1. The van der Waals surface area contributed by atoms with Crippen LogP contribution >= 0.6 is 0 Å². The lowest BCUT2D eigenvalue weighted by atomic mass is 10.1. The van der Waals surface area contributed by atoms with E-state index in [1.807, 2.05) is 0 Å². The Hall–Kier alpha value is -1.36. The van der Waals surface area contributed by atoms with Crippen LogP contribution in [0.2, 0.25) is 0 Å². The Balaban J connectivity index is 2.52. The molecule has 0 aromatic heterocycles. The van der Waals surface area contributed by atoms with E-state index in [4.69, 9.17) is 5.73 Å². The maximum atomic E-state index is 11.5. The molecule has 16 heavy (non-hydrogen) atoms. The predicted octanol–water partition coefficient (Wildman–Crippen LogP) is 0.815. The minimum atomic E-state index is -3.07. The average Bonchev–Trinajstić information content (AvgIpc) is 2.14. The van der Waals surface area contributed by atoms with Crippen molar-refractivity contribution in [1.82, 2.24) is 0 Å². The molecule has 0 heterocycles. The number of carbonyl (C=O) groups excluding carboxylic acids is 1. The van der Waals surface area contributed by atoms with Crippen LogP contribution in [0.1, 0.15) is 12.0 Å². The number of sulfone groups is 1. The quantitative estimate of drug-likeness (QED) is 0.774. The first-order valence-electron chi connectivity index (χ1n) is 4.91. The van der Waals surface area contributed by atoms with Crippen molar-refractivity contribution in [2.45, 2.75) is 12.8 Å². The molecule has 0 atom stereocenters. The molecule has 0 aliphatic carbocycles. The summed E-state index contributed by atoms with van der Waals surface area (Å²) in [6.07, 6.45) is 1.43. The summed E-state index contributed by atoms with van der Waals surface area (Å²) in [7, 11) is -3.07. The largest absolute Gasteiger partial charge is 0.399 e. The first-order valence-corrected chi connectivity index (χ1v) is 6.97. The first kappa shape index (κ1) is 12.7. The van der Waals surface area contributed by atoms with Gasteiger partial charge in [0.05, 0.1) is 5.75 Å². The number of hydrogen-bond acceptors (Lipinski definition) is 4. The molecular formula is C11H15NO3S. The van der Waals surface area contributed by atoms with Crippen LogP contribution in [0, 0.1) is 0 Å². The number of hydrogen-bond donors (Lipinski definition) is 1. The molecule has 0 aliphatic rings. The SMILES string of the molecule is CS(=O)(=O)CCC(=O)Cc1cccc(N)c1. The third-order valence-electron chi connectivity index (χ3n) is 2.10. The molecule has 1 rings (SSSR count). The first-order chi connectivity index (χ1) is 7.37. The molecule has 0 amide bonds. The predicted molar refractivity (Wildman–Crippen MR) is 63.9 cm³/mol. The molecule has 0 bridgehead atoms. The molecule has 1 aromatic carbocycles. The molecule has 88 valence electrons. The Kier molecular flexibility index (Phi) is 4.06. The Morgan fingerprint density at radius 2 is 2.06 bits per heavy atom. The lowest BCUT2D eigenvalue weighted by Gasteiger charge is -2.01. The highest BCUT2D eigenvalue weighted by Crippen LogP contribution is 2.08. The lowest BCUT2D eigenvalue weighted by molar-refractivity contribution is -0.118. The van der Waals surface area contributed by atoms with Crippen molar-refractivity contribution in [3.8, 4) is 0 Å². The van der Waals surface area contributed by atoms with Crippen molar-refractivity contribution in [3.63, 3.8) is 0 Å². The molecule has 0 unspecified atom stereocenters. The van der Waals surface area contributed by atoms with Gasteiger partial charge in [-0.2, -0.15) is 0 Å². The third-order valence-corrected chi connectivity index (χ3v) is 3.05. The second-order valence-electron chi connectivity index (χ2n) is 3.84. The lowest BCUT2D eigenvalue weighted by Crippen LogP contribution is -2.11. The Bertz CT molecular complexity index is 480. The monoisotopic (exact) mass is 241 g/mol. The zero-order valence-corrected chi connectivity index (χ0v) is 9.96. The van der Waals surface area contributed by atoms with E-state index in [0.29, 0.717) is 5.69 Å². The Morgan fingerprint density at radius 3 is 2.62 bits per heavy atom. The zero-order valence-electron chi connectivity index (χ0n) is 9.14. The van der Waals surface area contributed by atoms with Gasteiger partial charge in [0.2, 0.25) is 0 Å². The number of nitrogen functional groups attached to an aromatic ring is 1. The fourth-order valence-electron chi connectivity index (χ4n) is 1.32. The van der Waals surface area contributed by atoms with E-state index in [-0.39, 0.29) is 24.4 Å². The summed E-state index contributed by atoms with van der Waals surface area (Å²) in [5.41, 5.74) is 6.99. The second-order valence-corrected chi connectivity index (χ2v) is 6.10. The zero-order chi connectivity index (χ0) is 12.2. The van der Waals surface area contributed by atoms with Crippen LogP contribution in [0.15, 0.2) is 24.3 Å². The van der Waals surface area contributed by atoms with E-state index in [0.717, 1.165) is 11.8 Å². The standard InChI is InChI=1S/C11H15NO3S/c1-16(14,15)6-5-11(13)8-9-3-2-4-10(12)7-9/h2-4,7H,5-6,8,12H2,1H3. The van der Waals surface area contributed by atoms with E-state index < -0.39 is 9.84 Å². The highest BCUT2D eigenvalue weighted by atomic mass is 32.2. The number of rotatable bonds is 5. The molecular weight excluding hydrogens is 226 g/mol. The minimum absolute atomic E-state index is 0.0631. The highest BCUT2D eigenvalue weighted by molar-refractivity contribution is 7.90. The average molecular weight is 241 g/mol. The molecule has 1 aromatic rings. The van der Waals surface area contributed by atoms with E-state index in [9.17, 15) is 13.2 Å². The molecule has 0 radical (unpaired) electrons. The second kappa shape index (κ2) is 5.12. The van der Waals surface area contributed by atoms with Crippen molar-refractivity contribution in [3.05, 3.63) is 29.8 Å². The normalized spacial score (nSPS) is 11.3. The molecule has 0 fully saturated rings. The maximum Gasteiger partial charge on any atom is 0.147 e. The van der Waals surface area contributed by atoms with Crippen LogP contribution in [0.3, 0.4) is 0 Å². The Morgan fingerprint density at radius 1 is 1.38 bits per heavy atom. The van der Waals surface area contributed by atoms with Crippen molar-refractivity contribution in [2.24, 2.45) is 0 Å². The topological polar surface area (TPSA) is 77.2 Å². The summed E-state index contributed by atoms with van der Waals surface area (Å²) in [6, 6.07) is 7.03. The van der Waals surface area contributed by atoms with Gasteiger partial charge in [-0.15, -0.1) is 0 Å². The number of anilines is 1. The minimum Gasteiger partial charge on any atom is -0.399 e. The van der Waals surface area contributed by atoms with Gasteiger partial charge in [-0.25, -0.2) is 8.42 Å². The van der Waals surface area contributed by atoms with Gasteiger partial charge in [0, 0.05) is 24.8 Å². The summed E-state index contributed by atoms with van der Waals surface area (Å²) in [6.45, 7) is 0. The van der Waals surface area contributed by atoms with Crippen molar-refractivity contribution in [1.29, 1.82) is 0 Å². The van der Waals surface area contributed by atoms with E-state index in [2.05, 4.69) is 0 Å². The van der Waals surface area contributed by atoms with E-state index >= 15 is 0 Å². The van der Waals surface area contributed by atoms with Crippen LogP contribution < -0.4 is 5.73 Å². The number of ketones is 1. The summed E-state index contributed by atoms with van der Waals surface area (Å²) < 4.78 is 21.7. The van der Waals surface area contributed by atoms with Crippen LogP contribution in [0.4, 0.5) is 5.69 Å². The van der Waals surface area contributed by atoms with Gasteiger partial charge in [-0.3, -0.25) is 4.79 Å². The maximum absolute atomic E-state index is 11.5. The Labute approximate surface area is 95.4 Å². The molecule has 0 spiro atoms. The van der Waals surface area contributed by atoms with Crippen LogP contribution in [-0.2, 0) is 21.1 Å². The molecule has 5 heteroatoms. The van der Waals surface area contributed by atoms with Crippen molar-refractivity contribution < 1.29 is 13.2 Å². The molecule has 0 saturated carbocycles. The number of nitrogens with two attached hydrogens (primary N) is 1. The van der Waals surface area contributed by atoms with Gasteiger partial charge in [-0.1, -0.05) is 12.1 Å². The molecule has 4 nitrogen and oxygen atoms in total. The molecule has 2 N–H and O–H groups in total. The van der Waals surface area contributed by atoms with Crippen molar-refractivity contribution in [2.75, 3.05) is 17.7 Å².